The molecule has 0 aromatic rings. The van der Waals surface area contributed by atoms with Crippen molar-refractivity contribution in [3.8, 4) is 0 Å². The van der Waals surface area contributed by atoms with Crippen molar-refractivity contribution in [2.75, 3.05) is 5.33 Å². The van der Waals surface area contributed by atoms with Crippen molar-refractivity contribution in [3.63, 3.8) is 0 Å². The summed E-state index contributed by atoms with van der Waals surface area (Å²) in [5, 5.41) is 1.09. The fourth-order valence-electron chi connectivity index (χ4n) is 0.458. The lowest BCUT2D eigenvalue weighted by Gasteiger charge is -1.97. The van der Waals surface area contributed by atoms with Gasteiger partial charge in [0.25, 0.3) is 0 Å². The number of hydrogen-bond acceptors (Lipinski definition) is 0. The van der Waals surface area contributed by atoms with Crippen LogP contribution in [0.4, 0.5) is 0 Å². The van der Waals surface area contributed by atoms with E-state index in [1.54, 1.807) is 0 Å². The maximum atomic E-state index is 3.72. The third kappa shape index (κ3) is 3.21. The predicted octanol–water partition coefficient (Wildman–Crippen LogP) is 2.06. The molecule has 0 rings (SSSR count). The standard InChI is InChI=1S/C6H11BrSi/c1-3-8(4-2)6-5-7/h3-4,8H,1-2,5-6H2. The molecule has 0 heterocycles. The summed E-state index contributed by atoms with van der Waals surface area (Å²) in [6.45, 7) is 7.44. The van der Waals surface area contributed by atoms with Crippen LogP contribution in [0, 0.1) is 0 Å². The summed E-state index contributed by atoms with van der Waals surface area (Å²) in [6.07, 6.45) is 0. The molecule has 0 bridgehead atoms. The second-order valence-corrected chi connectivity index (χ2v) is 5.25. The topological polar surface area (TPSA) is 0 Å². The van der Waals surface area contributed by atoms with Gasteiger partial charge in [0.2, 0.25) is 0 Å². The van der Waals surface area contributed by atoms with Crippen LogP contribution in [0.1, 0.15) is 0 Å². The fourth-order valence-corrected chi connectivity index (χ4v) is 2.96. The van der Waals surface area contributed by atoms with Crippen LogP contribution >= 0.6 is 15.9 Å². The molecular formula is C6H11BrSi. The van der Waals surface area contributed by atoms with Crippen LogP contribution in [0.15, 0.2) is 24.6 Å². The molecule has 0 N–H and O–H groups in total. The smallest absolute Gasteiger partial charge is 0.0846 e. The van der Waals surface area contributed by atoms with Gasteiger partial charge in [-0.3, -0.25) is 0 Å². The van der Waals surface area contributed by atoms with Gasteiger partial charge >= 0.3 is 0 Å². The molecule has 0 spiro atoms. The molecule has 0 unspecified atom stereocenters. The van der Waals surface area contributed by atoms with Gasteiger partial charge in [0, 0.05) is 5.33 Å². The highest BCUT2D eigenvalue weighted by Gasteiger charge is 1.96. The predicted molar refractivity (Wildman–Crippen MR) is 46.1 cm³/mol. The molecule has 0 radical (unpaired) electrons. The van der Waals surface area contributed by atoms with Crippen LogP contribution in [-0.2, 0) is 0 Å². The first-order valence-electron chi connectivity index (χ1n) is 2.66. The van der Waals surface area contributed by atoms with Crippen LogP contribution in [0.2, 0.25) is 6.04 Å². The van der Waals surface area contributed by atoms with Gasteiger partial charge in [0.1, 0.15) is 0 Å². The number of alkyl halides is 1. The summed E-state index contributed by atoms with van der Waals surface area (Å²) in [5.41, 5.74) is 4.10. The molecular weight excluding hydrogens is 180 g/mol. The van der Waals surface area contributed by atoms with E-state index in [1.165, 1.54) is 6.04 Å². The Morgan fingerprint density at radius 2 is 1.88 bits per heavy atom. The van der Waals surface area contributed by atoms with Crippen molar-refractivity contribution < 1.29 is 0 Å². The summed E-state index contributed by atoms with van der Waals surface area (Å²) in [5.74, 6) is 0. The number of rotatable bonds is 4. The molecule has 0 aromatic carbocycles. The Balaban J connectivity index is 3.35. The molecule has 0 nitrogen and oxygen atoms in total. The van der Waals surface area contributed by atoms with Crippen molar-refractivity contribution in [1.82, 2.24) is 0 Å². The molecule has 0 aliphatic rings. The maximum absolute atomic E-state index is 3.72. The van der Waals surface area contributed by atoms with Crippen LogP contribution in [0.25, 0.3) is 0 Å². The Morgan fingerprint density at radius 1 is 1.38 bits per heavy atom. The minimum absolute atomic E-state index is 0.711. The van der Waals surface area contributed by atoms with E-state index in [9.17, 15) is 0 Å². The zero-order valence-electron chi connectivity index (χ0n) is 4.94. The molecule has 0 fully saturated rings. The molecule has 0 aliphatic heterocycles. The second kappa shape index (κ2) is 5.32. The Morgan fingerprint density at radius 3 is 2.00 bits per heavy atom. The molecule has 0 aliphatic carbocycles. The first-order chi connectivity index (χ1) is 3.85. The number of hydrogen-bond donors (Lipinski definition) is 0. The van der Waals surface area contributed by atoms with Gasteiger partial charge in [0.05, 0.1) is 8.80 Å². The molecule has 0 aromatic heterocycles. The minimum Gasteiger partial charge on any atom is -0.107 e. The van der Waals surface area contributed by atoms with Gasteiger partial charge in [-0.2, -0.15) is 0 Å². The van der Waals surface area contributed by atoms with Crippen LogP contribution < -0.4 is 0 Å². The van der Waals surface area contributed by atoms with Crippen molar-refractivity contribution in [1.29, 1.82) is 0 Å². The van der Waals surface area contributed by atoms with E-state index < -0.39 is 8.80 Å². The molecule has 0 amide bonds. The van der Waals surface area contributed by atoms with Crippen LogP contribution in [-0.4, -0.2) is 14.1 Å². The van der Waals surface area contributed by atoms with Crippen molar-refractivity contribution in [2.45, 2.75) is 6.04 Å². The Kier molecular flexibility index (Phi) is 5.43. The van der Waals surface area contributed by atoms with E-state index in [-0.39, 0.29) is 0 Å². The summed E-state index contributed by atoms with van der Waals surface area (Å²) >= 11 is 3.37. The zero-order valence-corrected chi connectivity index (χ0v) is 7.68. The van der Waals surface area contributed by atoms with Crippen molar-refractivity contribution >= 4 is 24.7 Å². The molecule has 8 heavy (non-hydrogen) atoms. The average Bonchev–Trinajstić information content (AvgIpc) is 1.83. The highest BCUT2D eigenvalue weighted by Crippen LogP contribution is 1.97. The molecule has 0 atom stereocenters. The third-order valence-corrected chi connectivity index (χ3v) is 4.52. The first kappa shape index (κ1) is 8.18. The lowest BCUT2D eigenvalue weighted by atomic mass is 11.0. The summed E-state index contributed by atoms with van der Waals surface area (Å²) < 4.78 is 0. The highest BCUT2D eigenvalue weighted by molar-refractivity contribution is 9.09. The van der Waals surface area contributed by atoms with Gasteiger partial charge in [-0.15, -0.1) is 24.6 Å². The van der Waals surface area contributed by atoms with Crippen LogP contribution in [0.3, 0.4) is 0 Å². The lowest BCUT2D eigenvalue weighted by molar-refractivity contribution is 1.49. The lowest BCUT2D eigenvalue weighted by Crippen LogP contribution is -2.03. The maximum Gasteiger partial charge on any atom is 0.0846 e. The van der Waals surface area contributed by atoms with E-state index in [4.69, 9.17) is 0 Å². The second-order valence-electron chi connectivity index (χ2n) is 1.61. The normalized spacial score (nSPS) is 9.25. The van der Waals surface area contributed by atoms with E-state index >= 15 is 0 Å². The van der Waals surface area contributed by atoms with E-state index in [0.717, 1.165) is 5.33 Å². The molecule has 0 saturated carbocycles. The summed E-state index contributed by atoms with van der Waals surface area (Å²) in [6, 6.07) is 1.24. The average molecular weight is 191 g/mol. The molecule has 46 valence electrons. The monoisotopic (exact) mass is 190 g/mol. The van der Waals surface area contributed by atoms with Crippen LogP contribution in [0.5, 0.6) is 0 Å². The van der Waals surface area contributed by atoms with E-state index in [1.807, 2.05) is 11.4 Å². The van der Waals surface area contributed by atoms with Gasteiger partial charge < -0.3 is 0 Å². The van der Waals surface area contributed by atoms with Gasteiger partial charge in [-0.05, 0) is 6.04 Å². The van der Waals surface area contributed by atoms with Gasteiger partial charge in [-0.1, -0.05) is 15.9 Å². The summed E-state index contributed by atoms with van der Waals surface area (Å²) in [7, 11) is -0.711. The minimum atomic E-state index is -0.711. The van der Waals surface area contributed by atoms with Gasteiger partial charge in [-0.25, -0.2) is 0 Å². The fraction of sp³-hybridized carbons (Fsp3) is 0.333. The highest BCUT2D eigenvalue weighted by atomic mass is 79.9. The Hall–Kier alpha value is 0.177. The largest absolute Gasteiger partial charge is 0.107 e. The molecule has 2 heteroatoms. The van der Waals surface area contributed by atoms with Crippen molar-refractivity contribution in [3.05, 3.63) is 24.6 Å². The Bertz CT molecular complexity index is 72.6. The third-order valence-electron chi connectivity index (χ3n) is 1.05. The van der Waals surface area contributed by atoms with Gasteiger partial charge in [0.15, 0.2) is 0 Å². The SMILES string of the molecule is C=C[SiH](C=C)CCBr. The van der Waals surface area contributed by atoms with E-state index in [0.29, 0.717) is 0 Å². The Labute approximate surface area is 61.0 Å². The molecule has 0 saturated heterocycles. The number of halogens is 1. The zero-order chi connectivity index (χ0) is 6.41. The summed E-state index contributed by atoms with van der Waals surface area (Å²) in [4.78, 5) is 0. The van der Waals surface area contributed by atoms with E-state index in [2.05, 4.69) is 29.1 Å². The quantitative estimate of drug-likeness (QED) is 0.471. The first-order valence-corrected chi connectivity index (χ1v) is 5.93. The van der Waals surface area contributed by atoms with Crippen molar-refractivity contribution in [2.24, 2.45) is 0 Å².